The maximum atomic E-state index is 12.0. The fraction of sp³-hybridized carbons (Fsp3) is 0.370. The van der Waals surface area contributed by atoms with Gasteiger partial charge in [-0.2, -0.15) is 0 Å². The molecule has 1 aliphatic rings. The molecule has 0 unspecified atom stereocenters. The minimum Gasteiger partial charge on any atom is -0.383 e. The zero-order valence-electron chi connectivity index (χ0n) is 21.4. The fourth-order valence-corrected chi connectivity index (χ4v) is 5.20. The molecule has 1 aromatic carbocycles. The van der Waals surface area contributed by atoms with Gasteiger partial charge in [0.2, 0.25) is 5.91 Å². The number of rotatable bonds is 9. The lowest BCUT2D eigenvalue weighted by atomic mass is 9.96. The number of nitrogens with one attached hydrogen (secondary N) is 2. The molecule has 3 heterocycles. The van der Waals surface area contributed by atoms with Crippen molar-refractivity contribution in [3.8, 4) is 0 Å². The van der Waals surface area contributed by atoms with Crippen LogP contribution in [0.25, 0.3) is 0 Å². The van der Waals surface area contributed by atoms with E-state index in [2.05, 4.69) is 45.0 Å². The summed E-state index contributed by atoms with van der Waals surface area (Å²) < 4.78 is 12.6. The van der Waals surface area contributed by atoms with Crippen LogP contribution in [0.5, 0.6) is 0 Å². The summed E-state index contributed by atoms with van der Waals surface area (Å²) in [6.45, 7) is 7.66. The molecule has 2 aromatic heterocycles. The van der Waals surface area contributed by atoms with Crippen LogP contribution in [0, 0.1) is 20.8 Å². The standard InChI is InChI=1S/C27H33N5O3S/c1-17-14-20(9-10-22(17)29-24(33)16-35-5)32-26(21-15-18(2)31(19(21)3)12-13-34-4)25(30-27(32)36)23-8-6-7-11-28-23/h6-11,14-15,25-26H,12-13,16H2,1-5H3,(H,29,33)(H,30,36)/t25-,26+/m1/s1. The van der Waals surface area contributed by atoms with Gasteiger partial charge in [0.05, 0.1) is 24.4 Å². The highest BCUT2D eigenvalue weighted by Crippen LogP contribution is 2.43. The van der Waals surface area contributed by atoms with E-state index in [4.69, 9.17) is 21.7 Å². The van der Waals surface area contributed by atoms with Crippen molar-refractivity contribution in [2.75, 3.05) is 37.7 Å². The Kier molecular flexibility index (Phi) is 8.03. The lowest BCUT2D eigenvalue weighted by Crippen LogP contribution is -2.29. The van der Waals surface area contributed by atoms with Crippen LogP contribution in [0.4, 0.5) is 11.4 Å². The summed E-state index contributed by atoms with van der Waals surface area (Å²) in [5.74, 6) is -0.191. The molecule has 1 aliphatic heterocycles. The normalized spacial score (nSPS) is 17.4. The Balaban J connectivity index is 1.77. The largest absolute Gasteiger partial charge is 0.383 e. The van der Waals surface area contributed by atoms with E-state index >= 15 is 0 Å². The Morgan fingerprint density at radius 3 is 2.61 bits per heavy atom. The van der Waals surface area contributed by atoms with Crippen LogP contribution in [0.2, 0.25) is 0 Å². The number of thiocarbonyl (C=S) groups is 1. The van der Waals surface area contributed by atoms with E-state index in [0.29, 0.717) is 11.7 Å². The number of carbonyl (C=O) groups excluding carboxylic acids is 1. The molecular formula is C27H33N5O3S. The number of hydrogen-bond donors (Lipinski definition) is 2. The topological polar surface area (TPSA) is 80.7 Å². The Morgan fingerprint density at radius 1 is 1.14 bits per heavy atom. The third kappa shape index (κ3) is 5.13. The molecule has 0 saturated carbocycles. The van der Waals surface area contributed by atoms with Crippen molar-refractivity contribution in [2.24, 2.45) is 0 Å². The van der Waals surface area contributed by atoms with E-state index in [1.54, 1.807) is 7.11 Å². The van der Waals surface area contributed by atoms with Gasteiger partial charge in [-0.25, -0.2) is 0 Å². The average molecular weight is 508 g/mol. The van der Waals surface area contributed by atoms with Gasteiger partial charge in [-0.3, -0.25) is 9.78 Å². The lowest BCUT2D eigenvalue weighted by Gasteiger charge is -2.29. The van der Waals surface area contributed by atoms with Crippen LogP contribution in [-0.4, -0.2) is 48.0 Å². The molecule has 4 rings (SSSR count). The first-order chi connectivity index (χ1) is 17.3. The quantitative estimate of drug-likeness (QED) is 0.420. The van der Waals surface area contributed by atoms with E-state index in [9.17, 15) is 4.79 Å². The monoisotopic (exact) mass is 507 g/mol. The maximum Gasteiger partial charge on any atom is 0.250 e. The van der Waals surface area contributed by atoms with Crippen molar-refractivity contribution in [3.05, 3.63) is 76.9 Å². The summed E-state index contributed by atoms with van der Waals surface area (Å²) in [7, 11) is 3.22. The van der Waals surface area contributed by atoms with Crippen molar-refractivity contribution in [2.45, 2.75) is 39.4 Å². The van der Waals surface area contributed by atoms with Crippen molar-refractivity contribution < 1.29 is 14.3 Å². The molecule has 0 aliphatic carbocycles. The number of benzene rings is 1. The highest BCUT2D eigenvalue weighted by molar-refractivity contribution is 7.80. The number of nitrogens with zero attached hydrogens (tertiary/aromatic N) is 3. The molecule has 1 saturated heterocycles. The summed E-state index contributed by atoms with van der Waals surface area (Å²) in [5, 5.41) is 7.06. The smallest absolute Gasteiger partial charge is 0.250 e. The first-order valence-corrected chi connectivity index (χ1v) is 12.3. The summed E-state index contributed by atoms with van der Waals surface area (Å²) in [6.07, 6.45) is 1.81. The summed E-state index contributed by atoms with van der Waals surface area (Å²) in [5.41, 5.74) is 7.08. The molecular weight excluding hydrogens is 474 g/mol. The van der Waals surface area contributed by atoms with E-state index in [1.807, 2.05) is 49.5 Å². The van der Waals surface area contributed by atoms with Crippen LogP contribution in [0.1, 0.15) is 40.3 Å². The van der Waals surface area contributed by atoms with Crippen LogP contribution >= 0.6 is 12.2 Å². The van der Waals surface area contributed by atoms with Crippen LogP contribution < -0.4 is 15.5 Å². The number of ether oxygens (including phenoxy) is 2. The molecule has 0 radical (unpaired) electrons. The molecule has 2 atom stereocenters. The zero-order chi connectivity index (χ0) is 25.8. The molecule has 8 nitrogen and oxygen atoms in total. The SMILES string of the molecule is COCCn1c(C)cc([C@H]2[C@@H](c3ccccn3)NC(=S)N2c2ccc(NC(=O)COC)c(C)c2)c1C. The number of aromatic nitrogens is 2. The van der Waals surface area contributed by atoms with E-state index < -0.39 is 0 Å². The molecule has 36 heavy (non-hydrogen) atoms. The summed E-state index contributed by atoms with van der Waals surface area (Å²) in [6, 6.07) is 13.9. The van der Waals surface area contributed by atoms with Gasteiger partial charge in [0.25, 0.3) is 0 Å². The van der Waals surface area contributed by atoms with Crippen molar-refractivity contribution in [1.29, 1.82) is 0 Å². The van der Waals surface area contributed by atoms with Crippen molar-refractivity contribution in [3.63, 3.8) is 0 Å². The Labute approximate surface area is 217 Å². The fourth-order valence-electron chi connectivity index (χ4n) is 4.86. The number of pyridine rings is 1. The highest BCUT2D eigenvalue weighted by Gasteiger charge is 2.42. The minimum absolute atomic E-state index is 0.00778. The van der Waals surface area contributed by atoms with Crippen LogP contribution in [0.15, 0.2) is 48.7 Å². The number of carbonyl (C=O) groups is 1. The van der Waals surface area contributed by atoms with Gasteiger partial charge in [0.15, 0.2) is 5.11 Å². The number of hydrogen-bond acceptors (Lipinski definition) is 5. The van der Waals surface area contributed by atoms with E-state index in [0.717, 1.165) is 29.2 Å². The van der Waals surface area contributed by atoms with E-state index in [-0.39, 0.29) is 24.6 Å². The van der Waals surface area contributed by atoms with Gasteiger partial charge in [-0.15, -0.1) is 0 Å². The predicted molar refractivity (Wildman–Crippen MR) is 145 cm³/mol. The third-order valence-electron chi connectivity index (χ3n) is 6.59. The molecule has 0 spiro atoms. The summed E-state index contributed by atoms with van der Waals surface area (Å²) >= 11 is 5.88. The lowest BCUT2D eigenvalue weighted by molar-refractivity contribution is -0.119. The zero-order valence-corrected chi connectivity index (χ0v) is 22.2. The second-order valence-electron chi connectivity index (χ2n) is 8.95. The number of aryl methyl sites for hydroxylation is 2. The molecule has 3 aromatic rings. The van der Waals surface area contributed by atoms with Gasteiger partial charge in [0, 0.05) is 49.7 Å². The molecule has 2 N–H and O–H groups in total. The molecule has 190 valence electrons. The van der Waals surface area contributed by atoms with Gasteiger partial charge in [-0.05, 0) is 80.5 Å². The second kappa shape index (κ2) is 11.2. The predicted octanol–water partition coefficient (Wildman–Crippen LogP) is 4.22. The maximum absolute atomic E-state index is 12.0. The first-order valence-electron chi connectivity index (χ1n) is 11.9. The molecule has 1 fully saturated rings. The van der Waals surface area contributed by atoms with Crippen LogP contribution in [-0.2, 0) is 20.8 Å². The highest BCUT2D eigenvalue weighted by atomic mass is 32.1. The Morgan fingerprint density at radius 2 is 1.94 bits per heavy atom. The van der Waals surface area contributed by atoms with Gasteiger partial charge < -0.3 is 29.6 Å². The number of amides is 1. The van der Waals surface area contributed by atoms with Crippen molar-refractivity contribution >= 4 is 34.6 Å². The summed E-state index contributed by atoms with van der Waals surface area (Å²) in [4.78, 5) is 18.9. The van der Waals surface area contributed by atoms with Gasteiger partial charge >= 0.3 is 0 Å². The van der Waals surface area contributed by atoms with Gasteiger partial charge in [0.1, 0.15) is 6.61 Å². The Hall–Kier alpha value is -3.27. The molecule has 9 heteroatoms. The third-order valence-corrected chi connectivity index (χ3v) is 6.90. The van der Waals surface area contributed by atoms with Crippen molar-refractivity contribution in [1.82, 2.24) is 14.9 Å². The minimum atomic E-state index is -0.191. The van der Waals surface area contributed by atoms with Crippen LogP contribution in [0.3, 0.4) is 0 Å². The first kappa shape index (κ1) is 25.8. The molecule has 0 bridgehead atoms. The Bertz CT molecular complexity index is 1240. The number of methoxy groups -OCH3 is 2. The average Bonchev–Trinajstić information content (AvgIpc) is 3.35. The van der Waals surface area contributed by atoms with E-state index in [1.165, 1.54) is 24.1 Å². The van der Waals surface area contributed by atoms with Gasteiger partial charge in [-0.1, -0.05) is 6.07 Å². The molecule has 1 amide bonds. The second-order valence-corrected chi connectivity index (χ2v) is 9.33. The number of anilines is 2.